The molecule has 0 saturated heterocycles. The fourth-order valence-electron chi connectivity index (χ4n) is 7.39. The molecule has 0 radical (unpaired) electrons. The first-order chi connectivity index (χ1) is 12.0. The third-order valence-corrected chi connectivity index (χ3v) is 8.80. The number of allylic oxidation sites excluding steroid dienone is 2. The summed E-state index contributed by atoms with van der Waals surface area (Å²) < 4.78 is 2.26. The number of aromatic nitrogens is 2. The van der Waals surface area contributed by atoms with Crippen molar-refractivity contribution in [3.05, 3.63) is 24.8 Å². The first kappa shape index (κ1) is 15.8. The van der Waals surface area contributed by atoms with Gasteiger partial charge in [0.2, 0.25) is 0 Å². The van der Waals surface area contributed by atoms with Crippen LogP contribution >= 0.6 is 0 Å². The van der Waals surface area contributed by atoms with E-state index in [0.717, 1.165) is 37.0 Å². The lowest BCUT2D eigenvalue weighted by Gasteiger charge is -2.60. The largest absolute Gasteiger partial charge is 0.310 e. The van der Waals surface area contributed by atoms with E-state index < -0.39 is 0 Å². The average Bonchev–Trinajstić information content (AvgIpc) is 3.22. The monoisotopic (exact) mass is 338 g/mol. The number of hydrogen-bond donors (Lipinski definition) is 0. The van der Waals surface area contributed by atoms with Crippen LogP contribution in [0.4, 0.5) is 0 Å². The molecule has 134 valence electrons. The second kappa shape index (κ2) is 5.31. The van der Waals surface area contributed by atoms with Gasteiger partial charge < -0.3 is 4.57 Å². The summed E-state index contributed by atoms with van der Waals surface area (Å²) in [4.78, 5) is 16.3. The van der Waals surface area contributed by atoms with Gasteiger partial charge in [0, 0.05) is 36.3 Å². The van der Waals surface area contributed by atoms with Crippen LogP contribution in [-0.4, -0.2) is 15.3 Å². The van der Waals surface area contributed by atoms with E-state index in [4.69, 9.17) is 0 Å². The Bertz CT molecular complexity index is 720. The molecule has 0 unspecified atom stereocenters. The van der Waals surface area contributed by atoms with Crippen LogP contribution in [0.1, 0.15) is 65.2 Å². The van der Waals surface area contributed by atoms with E-state index in [9.17, 15) is 4.79 Å². The maximum atomic E-state index is 12.0. The first-order valence-corrected chi connectivity index (χ1v) is 10.2. The third-order valence-electron chi connectivity index (χ3n) is 8.80. The highest BCUT2D eigenvalue weighted by Gasteiger charge is 2.58. The Morgan fingerprint density at radius 1 is 1.16 bits per heavy atom. The summed E-state index contributed by atoms with van der Waals surface area (Å²) in [7, 11) is 0. The summed E-state index contributed by atoms with van der Waals surface area (Å²) in [6, 6.07) is 0. The van der Waals surface area contributed by atoms with E-state index in [-0.39, 0.29) is 0 Å². The summed E-state index contributed by atoms with van der Waals surface area (Å²) in [6.45, 7) is 5.04. The molecule has 0 aliphatic heterocycles. The summed E-state index contributed by atoms with van der Waals surface area (Å²) in [6.07, 6.45) is 17.8. The van der Waals surface area contributed by atoms with Crippen molar-refractivity contribution in [1.82, 2.24) is 9.55 Å². The predicted octanol–water partition coefficient (Wildman–Crippen LogP) is 4.95. The third kappa shape index (κ3) is 2.10. The zero-order valence-electron chi connectivity index (χ0n) is 15.6. The Morgan fingerprint density at radius 3 is 2.84 bits per heavy atom. The second-order valence-electron chi connectivity index (χ2n) is 9.65. The van der Waals surface area contributed by atoms with Crippen LogP contribution in [0.5, 0.6) is 0 Å². The van der Waals surface area contributed by atoms with Crippen molar-refractivity contribution in [2.45, 2.75) is 65.2 Å². The van der Waals surface area contributed by atoms with Crippen molar-refractivity contribution >= 4 is 11.5 Å². The molecular weight excluding hydrogens is 308 g/mol. The van der Waals surface area contributed by atoms with Gasteiger partial charge in [0.15, 0.2) is 0 Å². The van der Waals surface area contributed by atoms with Crippen LogP contribution < -0.4 is 0 Å². The van der Waals surface area contributed by atoms with E-state index in [1.165, 1.54) is 37.8 Å². The Labute approximate surface area is 150 Å². The van der Waals surface area contributed by atoms with E-state index in [1.807, 2.05) is 12.5 Å². The maximum Gasteiger partial charge on any atom is 0.133 e. The molecule has 0 bridgehead atoms. The number of imidazole rings is 1. The van der Waals surface area contributed by atoms with Gasteiger partial charge in [0.1, 0.15) is 5.78 Å². The van der Waals surface area contributed by atoms with Crippen LogP contribution in [0.15, 0.2) is 24.8 Å². The lowest BCUT2D eigenvalue weighted by Crippen LogP contribution is -2.53. The van der Waals surface area contributed by atoms with Gasteiger partial charge in [-0.1, -0.05) is 19.9 Å². The lowest BCUT2D eigenvalue weighted by molar-refractivity contribution is -0.136. The van der Waals surface area contributed by atoms with Gasteiger partial charge in [0.05, 0.1) is 6.33 Å². The minimum atomic E-state index is 0.301. The molecule has 25 heavy (non-hydrogen) atoms. The normalized spacial score (nSPS) is 46.2. The van der Waals surface area contributed by atoms with Crippen molar-refractivity contribution in [2.75, 3.05) is 0 Å². The van der Waals surface area contributed by atoms with Crippen LogP contribution in [0.25, 0.3) is 5.70 Å². The Hall–Kier alpha value is -1.38. The number of hydrogen-bond acceptors (Lipinski definition) is 2. The van der Waals surface area contributed by atoms with Crippen molar-refractivity contribution in [3.8, 4) is 0 Å². The van der Waals surface area contributed by atoms with E-state index in [1.54, 1.807) is 0 Å². The molecule has 6 atom stereocenters. The zero-order valence-corrected chi connectivity index (χ0v) is 15.6. The number of ketones is 1. The fourth-order valence-corrected chi connectivity index (χ4v) is 7.39. The summed E-state index contributed by atoms with van der Waals surface area (Å²) in [5.74, 6) is 3.62. The van der Waals surface area contributed by atoms with Gasteiger partial charge in [-0.2, -0.15) is 0 Å². The molecule has 3 heteroatoms. The molecule has 1 aromatic heterocycles. The summed E-state index contributed by atoms with van der Waals surface area (Å²) >= 11 is 0. The first-order valence-electron chi connectivity index (χ1n) is 10.2. The number of carbonyl (C=O) groups excluding carboxylic acids is 1. The van der Waals surface area contributed by atoms with Gasteiger partial charge in [-0.3, -0.25) is 4.79 Å². The van der Waals surface area contributed by atoms with Crippen molar-refractivity contribution in [3.63, 3.8) is 0 Å². The second-order valence-corrected chi connectivity index (χ2v) is 9.65. The van der Waals surface area contributed by atoms with E-state index in [0.29, 0.717) is 22.5 Å². The number of fused-ring (bicyclic) bond motifs is 5. The Morgan fingerprint density at radius 2 is 2.04 bits per heavy atom. The van der Waals surface area contributed by atoms with E-state index >= 15 is 0 Å². The molecule has 5 rings (SSSR count). The van der Waals surface area contributed by atoms with Crippen molar-refractivity contribution < 1.29 is 4.79 Å². The standard InChI is InChI=1S/C22H30N2O/c1-21-9-7-16(25)13-15(21)3-4-17-18-5-6-20(24-12-11-23-14-24)22(18,2)10-8-19(17)21/h6,11-12,14-15,17-19H,3-5,7-10,13H2,1-2H3/t15-,17-,18-,19-,21-,22-/m0/s1. The molecule has 3 saturated carbocycles. The molecule has 0 N–H and O–H groups in total. The molecular formula is C22H30N2O. The number of Topliss-reactive ketones (excluding diaryl/α,β-unsaturated/α-hetero) is 1. The van der Waals surface area contributed by atoms with Crippen LogP contribution in [0, 0.1) is 34.5 Å². The van der Waals surface area contributed by atoms with Gasteiger partial charge in [-0.05, 0) is 67.6 Å². The quantitative estimate of drug-likeness (QED) is 0.726. The lowest BCUT2D eigenvalue weighted by atomic mass is 9.45. The van der Waals surface area contributed by atoms with Crippen LogP contribution in [-0.2, 0) is 4.79 Å². The molecule has 4 aliphatic carbocycles. The topological polar surface area (TPSA) is 34.9 Å². The SMILES string of the molecule is C[C@]12CCC(=O)C[C@@H]1CC[C@@H]1[C@@H]2CC[C@]2(C)C(n3ccnc3)=CC[C@@H]12. The molecule has 1 heterocycles. The predicted molar refractivity (Wildman–Crippen MR) is 98.6 cm³/mol. The molecule has 3 fully saturated rings. The minimum Gasteiger partial charge on any atom is -0.310 e. The number of nitrogens with zero attached hydrogens (tertiary/aromatic N) is 2. The summed E-state index contributed by atoms with van der Waals surface area (Å²) in [5.41, 5.74) is 2.20. The number of rotatable bonds is 1. The highest BCUT2D eigenvalue weighted by Crippen LogP contribution is 2.66. The van der Waals surface area contributed by atoms with Crippen molar-refractivity contribution in [1.29, 1.82) is 0 Å². The molecule has 0 amide bonds. The number of carbonyl (C=O) groups is 1. The van der Waals surface area contributed by atoms with Gasteiger partial charge in [-0.25, -0.2) is 4.98 Å². The molecule has 1 aromatic rings. The molecule has 0 spiro atoms. The zero-order chi connectivity index (χ0) is 17.2. The highest BCUT2D eigenvalue weighted by molar-refractivity contribution is 5.79. The molecule has 3 nitrogen and oxygen atoms in total. The Balaban J connectivity index is 1.45. The van der Waals surface area contributed by atoms with Crippen molar-refractivity contribution in [2.24, 2.45) is 34.5 Å². The van der Waals surface area contributed by atoms with Gasteiger partial charge in [0.25, 0.3) is 0 Å². The minimum absolute atomic E-state index is 0.301. The van der Waals surface area contributed by atoms with Gasteiger partial charge >= 0.3 is 0 Å². The molecule has 0 aromatic carbocycles. The molecule has 4 aliphatic rings. The van der Waals surface area contributed by atoms with Crippen LogP contribution in [0.3, 0.4) is 0 Å². The smallest absolute Gasteiger partial charge is 0.133 e. The Kier molecular flexibility index (Phi) is 3.37. The van der Waals surface area contributed by atoms with E-state index in [2.05, 4.69) is 35.7 Å². The van der Waals surface area contributed by atoms with Gasteiger partial charge in [-0.15, -0.1) is 0 Å². The fraction of sp³-hybridized carbons (Fsp3) is 0.727. The highest BCUT2D eigenvalue weighted by atomic mass is 16.1. The maximum absolute atomic E-state index is 12.0. The summed E-state index contributed by atoms with van der Waals surface area (Å²) in [5, 5.41) is 0. The van der Waals surface area contributed by atoms with Crippen LogP contribution in [0.2, 0.25) is 0 Å². The average molecular weight is 338 g/mol.